The molecule has 2 aromatic carbocycles. The Morgan fingerprint density at radius 1 is 1.05 bits per heavy atom. The lowest BCUT2D eigenvalue weighted by atomic mass is 10.1. The van der Waals surface area contributed by atoms with Gasteiger partial charge in [0.15, 0.2) is 0 Å². The highest BCUT2D eigenvalue weighted by Crippen LogP contribution is 2.25. The van der Waals surface area contributed by atoms with Gasteiger partial charge in [-0.25, -0.2) is 4.79 Å². The predicted molar refractivity (Wildman–Crippen MR) is 86.0 cm³/mol. The van der Waals surface area contributed by atoms with Gasteiger partial charge in [-0.2, -0.15) is 0 Å². The normalized spacial score (nSPS) is 10.0. The summed E-state index contributed by atoms with van der Waals surface area (Å²) < 4.78 is 5.19. The summed E-state index contributed by atoms with van der Waals surface area (Å²) in [5, 5.41) is 5.49. The van der Waals surface area contributed by atoms with Crippen molar-refractivity contribution in [3.05, 3.63) is 47.5 Å². The van der Waals surface area contributed by atoms with E-state index in [9.17, 15) is 4.79 Å². The van der Waals surface area contributed by atoms with Crippen molar-refractivity contribution in [1.29, 1.82) is 0 Å². The molecule has 2 aromatic rings. The van der Waals surface area contributed by atoms with Crippen LogP contribution in [0, 0.1) is 13.8 Å². The first kappa shape index (κ1) is 14.7. The van der Waals surface area contributed by atoms with Gasteiger partial charge in [-0.15, -0.1) is 0 Å². The fourth-order valence-corrected chi connectivity index (χ4v) is 1.97. The number of nitrogens with two attached hydrogens (primary N) is 1. The molecule has 0 aliphatic heterocycles. The van der Waals surface area contributed by atoms with Gasteiger partial charge in [0, 0.05) is 0 Å². The van der Waals surface area contributed by atoms with Crippen molar-refractivity contribution in [1.82, 2.24) is 0 Å². The quantitative estimate of drug-likeness (QED) is 0.755. The number of para-hydroxylation sites is 2. The van der Waals surface area contributed by atoms with E-state index in [1.54, 1.807) is 19.2 Å². The van der Waals surface area contributed by atoms with Crippen LogP contribution in [0.5, 0.6) is 5.75 Å². The molecule has 4 N–H and O–H groups in total. The monoisotopic (exact) mass is 285 g/mol. The second kappa shape index (κ2) is 6.17. The molecule has 2 amide bonds. The van der Waals surface area contributed by atoms with Crippen molar-refractivity contribution in [2.75, 3.05) is 23.5 Å². The van der Waals surface area contributed by atoms with Gasteiger partial charge < -0.3 is 21.1 Å². The van der Waals surface area contributed by atoms with Crippen LogP contribution in [0.3, 0.4) is 0 Å². The molecule has 0 heterocycles. The molecule has 0 saturated heterocycles. The third-order valence-electron chi connectivity index (χ3n) is 3.27. The van der Waals surface area contributed by atoms with Crippen LogP contribution in [0.1, 0.15) is 11.1 Å². The molecule has 0 aliphatic rings. The number of anilines is 3. The highest BCUT2D eigenvalue weighted by molar-refractivity contribution is 6.02. The molecule has 5 nitrogen and oxygen atoms in total. The van der Waals surface area contributed by atoms with Gasteiger partial charge in [0.05, 0.1) is 24.2 Å². The fraction of sp³-hybridized carbons (Fsp3) is 0.188. The van der Waals surface area contributed by atoms with Crippen LogP contribution in [0.15, 0.2) is 36.4 Å². The third kappa shape index (κ3) is 3.45. The smallest absolute Gasteiger partial charge is 0.323 e. The zero-order chi connectivity index (χ0) is 15.4. The Hall–Kier alpha value is -2.69. The SMILES string of the molecule is COc1ccccc1NC(=O)Nc1cc(C)c(C)cc1N. The van der Waals surface area contributed by atoms with E-state index in [-0.39, 0.29) is 6.03 Å². The summed E-state index contributed by atoms with van der Waals surface area (Å²) in [6, 6.07) is 10.5. The summed E-state index contributed by atoms with van der Waals surface area (Å²) in [4.78, 5) is 12.1. The molecule has 0 radical (unpaired) electrons. The Kier molecular flexibility index (Phi) is 4.33. The number of carbonyl (C=O) groups excluding carboxylic acids is 1. The summed E-state index contributed by atoms with van der Waals surface area (Å²) in [5.74, 6) is 0.598. The lowest BCUT2D eigenvalue weighted by Gasteiger charge is -2.13. The Balaban J connectivity index is 2.14. The summed E-state index contributed by atoms with van der Waals surface area (Å²) in [7, 11) is 1.56. The molecule has 0 saturated carbocycles. The molecule has 21 heavy (non-hydrogen) atoms. The molecule has 0 bridgehead atoms. The topological polar surface area (TPSA) is 76.4 Å². The zero-order valence-electron chi connectivity index (χ0n) is 12.4. The number of methoxy groups -OCH3 is 1. The molecule has 0 aromatic heterocycles. The van der Waals surface area contributed by atoms with Crippen LogP contribution >= 0.6 is 0 Å². The van der Waals surface area contributed by atoms with E-state index in [1.165, 1.54) is 0 Å². The number of amides is 2. The minimum atomic E-state index is -0.366. The van der Waals surface area contributed by atoms with E-state index < -0.39 is 0 Å². The van der Waals surface area contributed by atoms with Gasteiger partial charge >= 0.3 is 6.03 Å². The highest BCUT2D eigenvalue weighted by atomic mass is 16.5. The van der Waals surface area contributed by atoms with Crippen LogP contribution in [-0.2, 0) is 0 Å². The number of aryl methyl sites for hydroxylation is 2. The number of urea groups is 1. The first-order chi connectivity index (χ1) is 10.0. The predicted octanol–water partition coefficient (Wildman–Crippen LogP) is 3.54. The second-order valence-electron chi connectivity index (χ2n) is 4.80. The van der Waals surface area contributed by atoms with Gasteiger partial charge in [-0.3, -0.25) is 0 Å². The molecule has 0 unspecified atom stereocenters. The van der Waals surface area contributed by atoms with Crippen molar-refractivity contribution in [3.63, 3.8) is 0 Å². The number of benzene rings is 2. The van der Waals surface area contributed by atoms with E-state index >= 15 is 0 Å². The highest BCUT2D eigenvalue weighted by Gasteiger charge is 2.09. The molecule has 0 fully saturated rings. The number of hydrogen-bond acceptors (Lipinski definition) is 3. The van der Waals surface area contributed by atoms with E-state index in [4.69, 9.17) is 10.5 Å². The Labute approximate surface area is 124 Å². The number of nitrogen functional groups attached to an aromatic ring is 1. The molecular formula is C16H19N3O2. The van der Waals surface area contributed by atoms with Crippen molar-refractivity contribution in [2.45, 2.75) is 13.8 Å². The van der Waals surface area contributed by atoms with Gasteiger partial charge in [0.2, 0.25) is 0 Å². The maximum absolute atomic E-state index is 12.1. The average Bonchev–Trinajstić information content (AvgIpc) is 2.45. The zero-order valence-corrected chi connectivity index (χ0v) is 12.4. The Morgan fingerprint density at radius 3 is 2.38 bits per heavy atom. The number of hydrogen-bond donors (Lipinski definition) is 3. The molecule has 2 rings (SSSR count). The van der Waals surface area contributed by atoms with Gasteiger partial charge in [-0.05, 0) is 49.2 Å². The van der Waals surface area contributed by atoms with Crippen LogP contribution < -0.4 is 21.1 Å². The second-order valence-corrected chi connectivity index (χ2v) is 4.80. The first-order valence-corrected chi connectivity index (χ1v) is 6.59. The summed E-state index contributed by atoms with van der Waals surface area (Å²) in [5.41, 5.74) is 9.79. The van der Waals surface area contributed by atoms with E-state index in [0.29, 0.717) is 22.8 Å². The summed E-state index contributed by atoms with van der Waals surface area (Å²) >= 11 is 0. The van der Waals surface area contributed by atoms with Gasteiger partial charge in [0.1, 0.15) is 5.75 Å². The largest absolute Gasteiger partial charge is 0.495 e. The number of rotatable bonds is 3. The molecule has 110 valence electrons. The van der Waals surface area contributed by atoms with E-state index in [0.717, 1.165) is 11.1 Å². The van der Waals surface area contributed by atoms with Crippen LogP contribution in [0.4, 0.5) is 21.9 Å². The molecule has 0 aliphatic carbocycles. The van der Waals surface area contributed by atoms with E-state index in [1.807, 2.05) is 38.1 Å². The first-order valence-electron chi connectivity index (χ1n) is 6.59. The van der Waals surface area contributed by atoms with E-state index in [2.05, 4.69) is 10.6 Å². The molecule has 0 spiro atoms. The Morgan fingerprint density at radius 2 is 1.67 bits per heavy atom. The average molecular weight is 285 g/mol. The van der Waals surface area contributed by atoms with Crippen LogP contribution in [0.2, 0.25) is 0 Å². The lowest BCUT2D eigenvalue weighted by Crippen LogP contribution is -2.20. The number of ether oxygens (including phenoxy) is 1. The van der Waals surface area contributed by atoms with Crippen molar-refractivity contribution < 1.29 is 9.53 Å². The summed E-state index contributed by atoms with van der Waals surface area (Å²) in [6.07, 6.45) is 0. The maximum Gasteiger partial charge on any atom is 0.323 e. The van der Waals surface area contributed by atoms with Crippen molar-refractivity contribution >= 4 is 23.1 Å². The minimum Gasteiger partial charge on any atom is -0.495 e. The standard InChI is InChI=1S/C16H19N3O2/c1-10-8-12(17)14(9-11(10)2)19-16(20)18-13-6-4-5-7-15(13)21-3/h4-9H,17H2,1-3H3,(H2,18,19,20). The third-order valence-corrected chi connectivity index (χ3v) is 3.27. The number of nitrogens with one attached hydrogen (secondary N) is 2. The van der Waals surface area contributed by atoms with Crippen molar-refractivity contribution in [3.8, 4) is 5.75 Å². The van der Waals surface area contributed by atoms with Crippen LogP contribution in [0.25, 0.3) is 0 Å². The van der Waals surface area contributed by atoms with Crippen molar-refractivity contribution in [2.24, 2.45) is 0 Å². The van der Waals surface area contributed by atoms with Gasteiger partial charge in [0.25, 0.3) is 0 Å². The maximum atomic E-state index is 12.1. The number of carbonyl (C=O) groups is 1. The van der Waals surface area contributed by atoms with Gasteiger partial charge in [-0.1, -0.05) is 12.1 Å². The Bertz CT molecular complexity index is 669. The lowest BCUT2D eigenvalue weighted by molar-refractivity contribution is 0.262. The fourth-order valence-electron chi connectivity index (χ4n) is 1.97. The van der Waals surface area contributed by atoms with Crippen LogP contribution in [-0.4, -0.2) is 13.1 Å². The minimum absolute atomic E-state index is 0.366. The summed E-state index contributed by atoms with van der Waals surface area (Å²) in [6.45, 7) is 3.95. The molecule has 0 atom stereocenters. The molecular weight excluding hydrogens is 266 g/mol. The molecule has 5 heteroatoms.